The molecule has 17 heavy (non-hydrogen) atoms. The zero-order chi connectivity index (χ0) is 12.1. The second-order valence-electron chi connectivity index (χ2n) is 5.30. The smallest absolute Gasteiger partial charge is 0.249 e. The average Bonchev–Trinajstić information content (AvgIpc) is 3.14. The van der Waals surface area contributed by atoms with E-state index in [-0.39, 0.29) is 12.0 Å². The highest BCUT2D eigenvalue weighted by atomic mass is 16.5. The van der Waals surface area contributed by atoms with Gasteiger partial charge in [0.1, 0.15) is 6.10 Å². The molecule has 0 aromatic heterocycles. The molecule has 2 unspecified atom stereocenters. The summed E-state index contributed by atoms with van der Waals surface area (Å²) >= 11 is 0. The lowest BCUT2D eigenvalue weighted by molar-refractivity contribution is -0.132. The Morgan fingerprint density at radius 1 is 1.47 bits per heavy atom. The molecule has 0 aromatic carbocycles. The van der Waals surface area contributed by atoms with E-state index in [9.17, 15) is 4.79 Å². The van der Waals surface area contributed by atoms with Crippen LogP contribution in [0.4, 0.5) is 0 Å². The van der Waals surface area contributed by atoms with Crippen molar-refractivity contribution in [1.82, 2.24) is 10.6 Å². The standard InChI is InChI=1S/C13H24N2O2/c1-10(13(16)15-12-4-5-12)17-8-6-11-3-2-7-14-9-11/h10-12,14H,2-9H2,1H3,(H,15,16). The van der Waals surface area contributed by atoms with Crippen molar-refractivity contribution in [2.24, 2.45) is 5.92 Å². The summed E-state index contributed by atoms with van der Waals surface area (Å²) in [7, 11) is 0. The fourth-order valence-corrected chi connectivity index (χ4v) is 2.20. The normalized spacial score (nSPS) is 26.5. The molecular weight excluding hydrogens is 216 g/mol. The second-order valence-corrected chi connectivity index (χ2v) is 5.30. The summed E-state index contributed by atoms with van der Waals surface area (Å²) in [6.07, 6.45) is 5.58. The van der Waals surface area contributed by atoms with Crippen molar-refractivity contribution in [1.29, 1.82) is 0 Å². The monoisotopic (exact) mass is 240 g/mol. The molecule has 4 heteroatoms. The second kappa shape index (κ2) is 6.36. The lowest BCUT2D eigenvalue weighted by atomic mass is 9.97. The number of carbonyl (C=O) groups is 1. The fraction of sp³-hybridized carbons (Fsp3) is 0.923. The van der Waals surface area contributed by atoms with Gasteiger partial charge in [0.25, 0.3) is 0 Å². The summed E-state index contributed by atoms with van der Waals surface area (Å²) in [6.45, 7) is 4.80. The molecule has 0 aromatic rings. The number of carbonyl (C=O) groups excluding carboxylic acids is 1. The topological polar surface area (TPSA) is 50.4 Å². The number of rotatable bonds is 6. The Morgan fingerprint density at radius 2 is 2.29 bits per heavy atom. The number of piperidine rings is 1. The van der Waals surface area contributed by atoms with Gasteiger partial charge in [-0.05, 0) is 58.0 Å². The summed E-state index contributed by atoms with van der Waals surface area (Å²) in [5, 5.41) is 6.36. The molecule has 0 bridgehead atoms. The maximum Gasteiger partial charge on any atom is 0.249 e. The lowest BCUT2D eigenvalue weighted by Crippen LogP contribution is -2.36. The van der Waals surface area contributed by atoms with Crippen LogP contribution in [0.15, 0.2) is 0 Å². The number of ether oxygens (including phenoxy) is 1. The van der Waals surface area contributed by atoms with Crippen LogP contribution >= 0.6 is 0 Å². The summed E-state index contributed by atoms with van der Waals surface area (Å²) < 4.78 is 5.60. The van der Waals surface area contributed by atoms with Crippen molar-refractivity contribution >= 4 is 5.91 Å². The van der Waals surface area contributed by atoms with Crippen LogP contribution in [0.1, 0.15) is 39.0 Å². The third-order valence-electron chi connectivity index (χ3n) is 3.59. The van der Waals surface area contributed by atoms with E-state index in [1.54, 1.807) is 0 Å². The summed E-state index contributed by atoms with van der Waals surface area (Å²) in [5.74, 6) is 0.775. The zero-order valence-electron chi connectivity index (χ0n) is 10.7. The maximum atomic E-state index is 11.6. The molecule has 1 saturated heterocycles. The van der Waals surface area contributed by atoms with E-state index in [1.807, 2.05) is 6.92 Å². The van der Waals surface area contributed by atoms with Gasteiger partial charge in [-0.25, -0.2) is 0 Å². The molecule has 2 aliphatic rings. The SMILES string of the molecule is CC(OCCC1CCCNC1)C(=O)NC1CC1. The van der Waals surface area contributed by atoms with Gasteiger partial charge in [-0.15, -0.1) is 0 Å². The van der Waals surface area contributed by atoms with Crippen molar-refractivity contribution in [2.45, 2.75) is 51.2 Å². The molecule has 1 saturated carbocycles. The first-order valence-electron chi connectivity index (χ1n) is 6.88. The first kappa shape index (κ1) is 12.8. The largest absolute Gasteiger partial charge is 0.369 e. The third kappa shape index (κ3) is 4.64. The Hall–Kier alpha value is -0.610. The molecule has 0 spiro atoms. The molecule has 2 N–H and O–H groups in total. The van der Waals surface area contributed by atoms with E-state index in [2.05, 4.69) is 10.6 Å². The van der Waals surface area contributed by atoms with E-state index in [0.717, 1.165) is 38.3 Å². The third-order valence-corrected chi connectivity index (χ3v) is 3.59. The van der Waals surface area contributed by atoms with Gasteiger partial charge < -0.3 is 15.4 Å². The van der Waals surface area contributed by atoms with Crippen LogP contribution in [0.3, 0.4) is 0 Å². The number of hydrogen-bond acceptors (Lipinski definition) is 3. The highest BCUT2D eigenvalue weighted by Gasteiger charge is 2.25. The molecule has 1 heterocycles. The molecule has 4 nitrogen and oxygen atoms in total. The van der Waals surface area contributed by atoms with Crippen LogP contribution < -0.4 is 10.6 Å². The van der Waals surface area contributed by atoms with Gasteiger partial charge in [-0.1, -0.05) is 0 Å². The molecule has 1 aliphatic carbocycles. The molecule has 2 atom stereocenters. The highest BCUT2D eigenvalue weighted by molar-refractivity contribution is 5.80. The van der Waals surface area contributed by atoms with Gasteiger partial charge in [-0.3, -0.25) is 4.79 Å². The molecule has 0 radical (unpaired) electrons. The Bertz CT molecular complexity index is 248. The first-order chi connectivity index (χ1) is 8.25. The van der Waals surface area contributed by atoms with Gasteiger partial charge in [0.15, 0.2) is 0 Å². The van der Waals surface area contributed by atoms with Crippen LogP contribution in [-0.4, -0.2) is 37.7 Å². The van der Waals surface area contributed by atoms with E-state index < -0.39 is 0 Å². The Morgan fingerprint density at radius 3 is 2.94 bits per heavy atom. The predicted octanol–water partition coefficient (Wildman–Crippen LogP) is 1.06. The van der Waals surface area contributed by atoms with Gasteiger partial charge >= 0.3 is 0 Å². The van der Waals surface area contributed by atoms with E-state index in [4.69, 9.17) is 4.74 Å². The van der Waals surface area contributed by atoms with Crippen molar-refractivity contribution < 1.29 is 9.53 Å². The molecule has 2 rings (SSSR count). The zero-order valence-corrected chi connectivity index (χ0v) is 10.7. The van der Waals surface area contributed by atoms with Crippen molar-refractivity contribution in [3.8, 4) is 0 Å². The van der Waals surface area contributed by atoms with Gasteiger partial charge in [0, 0.05) is 12.6 Å². The Balaban J connectivity index is 1.55. The Labute approximate surface area is 103 Å². The fourth-order valence-electron chi connectivity index (χ4n) is 2.20. The van der Waals surface area contributed by atoms with Crippen LogP contribution in [-0.2, 0) is 9.53 Å². The van der Waals surface area contributed by atoms with Crippen LogP contribution in [0.25, 0.3) is 0 Å². The lowest BCUT2D eigenvalue weighted by Gasteiger charge is -2.23. The molecule has 98 valence electrons. The molecule has 1 amide bonds. The minimum atomic E-state index is -0.299. The van der Waals surface area contributed by atoms with E-state index in [0.29, 0.717) is 12.6 Å². The number of amides is 1. The molecular formula is C13H24N2O2. The van der Waals surface area contributed by atoms with Gasteiger partial charge in [0.05, 0.1) is 0 Å². The van der Waals surface area contributed by atoms with E-state index in [1.165, 1.54) is 12.8 Å². The summed E-state index contributed by atoms with van der Waals surface area (Å²) in [4.78, 5) is 11.6. The van der Waals surface area contributed by atoms with E-state index >= 15 is 0 Å². The minimum absolute atomic E-state index is 0.0502. The highest BCUT2D eigenvalue weighted by Crippen LogP contribution is 2.19. The van der Waals surface area contributed by atoms with Crippen LogP contribution in [0.2, 0.25) is 0 Å². The maximum absolute atomic E-state index is 11.6. The quantitative estimate of drug-likeness (QED) is 0.730. The predicted molar refractivity (Wildman–Crippen MR) is 66.8 cm³/mol. The van der Waals surface area contributed by atoms with Crippen LogP contribution in [0.5, 0.6) is 0 Å². The molecule has 1 aliphatic heterocycles. The van der Waals surface area contributed by atoms with Crippen LogP contribution in [0, 0.1) is 5.92 Å². The number of nitrogens with one attached hydrogen (secondary N) is 2. The van der Waals surface area contributed by atoms with Crippen molar-refractivity contribution in [3.63, 3.8) is 0 Å². The van der Waals surface area contributed by atoms with Crippen molar-refractivity contribution in [3.05, 3.63) is 0 Å². The Kier molecular flexibility index (Phi) is 4.80. The summed E-state index contributed by atoms with van der Waals surface area (Å²) in [5.41, 5.74) is 0. The van der Waals surface area contributed by atoms with Crippen molar-refractivity contribution in [2.75, 3.05) is 19.7 Å². The average molecular weight is 240 g/mol. The summed E-state index contributed by atoms with van der Waals surface area (Å²) in [6, 6.07) is 0.427. The molecule has 2 fully saturated rings. The first-order valence-corrected chi connectivity index (χ1v) is 6.88. The van der Waals surface area contributed by atoms with Gasteiger partial charge in [-0.2, -0.15) is 0 Å². The number of hydrogen-bond donors (Lipinski definition) is 2. The minimum Gasteiger partial charge on any atom is -0.369 e. The van der Waals surface area contributed by atoms with Gasteiger partial charge in [0.2, 0.25) is 5.91 Å².